The first-order valence-corrected chi connectivity index (χ1v) is 9.72. The van der Waals surface area contributed by atoms with E-state index in [0.717, 1.165) is 38.2 Å². The highest BCUT2D eigenvalue weighted by molar-refractivity contribution is 6.30. The van der Waals surface area contributed by atoms with Gasteiger partial charge in [0.15, 0.2) is 0 Å². The van der Waals surface area contributed by atoms with Gasteiger partial charge in [-0.05, 0) is 39.7 Å². The predicted molar refractivity (Wildman–Crippen MR) is 103 cm³/mol. The van der Waals surface area contributed by atoms with Crippen molar-refractivity contribution >= 4 is 17.5 Å². The average molecular weight is 389 g/mol. The summed E-state index contributed by atoms with van der Waals surface area (Å²) in [5.41, 5.74) is 1.57. The monoisotopic (exact) mass is 388 g/mol. The smallest absolute Gasteiger partial charge is 0.256 e. The Morgan fingerprint density at radius 3 is 2.63 bits per heavy atom. The van der Waals surface area contributed by atoms with Crippen molar-refractivity contribution in [2.24, 2.45) is 5.41 Å². The van der Waals surface area contributed by atoms with Crippen LogP contribution in [0, 0.1) is 5.41 Å². The fourth-order valence-corrected chi connectivity index (χ4v) is 4.38. The Morgan fingerprint density at radius 1 is 1.26 bits per heavy atom. The van der Waals surface area contributed by atoms with E-state index in [1.54, 1.807) is 18.5 Å². The lowest BCUT2D eigenvalue weighted by Crippen LogP contribution is -2.62. The Bertz CT molecular complexity index is 852. The molecule has 0 aliphatic carbocycles. The van der Waals surface area contributed by atoms with Crippen LogP contribution >= 0.6 is 11.6 Å². The number of amides is 1. The molecule has 0 saturated carbocycles. The summed E-state index contributed by atoms with van der Waals surface area (Å²) in [6.07, 6.45) is 9.02. The van der Waals surface area contributed by atoms with Crippen molar-refractivity contribution in [2.75, 3.05) is 19.8 Å². The van der Waals surface area contributed by atoms with E-state index in [9.17, 15) is 4.79 Å². The number of hydrogen-bond donors (Lipinski definition) is 0. The van der Waals surface area contributed by atoms with E-state index in [-0.39, 0.29) is 22.9 Å². The maximum Gasteiger partial charge on any atom is 0.256 e. The van der Waals surface area contributed by atoms with Crippen LogP contribution in [0.3, 0.4) is 0 Å². The topological polar surface area (TPSA) is 60.2 Å². The molecule has 27 heavy (non-hydrogen) atoms. The number of aromatic nitrogens is 3. The first kappa shape index (κ1) is 18.4. The van der Waals surface area contributed by atoms with Crippen molar-refractivity contribution in [1.82, 2.24) is 19.7 Å². The standard InChI is InChI=1S/C20H25ClN4O2/c1-19(2,3)25-12-15(10-23-25)17-20(4-6-27-7-5-20)13-24(17)18(26)14-8-16(21)11-22-9-14/h8-12,17H,4-7,13H2,1-3H3/t17-/m1/s1. The molecule has 0 aromatic carbocycles. The number of ether oxygens (including phenoxy) is 1. The number of nitrogens with zero attached hydrogens (tertiary/aromatic N) is 4. The van der Waals surface area contributed by atoms with E-state index >= 15 is 0 Å². The van der Waals surface area contributed by atoms with Crippen LogP contribution < -0.4 is 0 Å². The van der Waals surface area contributed by atoms with Gasteiger partial charge in [-0.25, -0.2) is 0 Å². The number of carbonyl (C=O) groups excluding carboxylic acids is 1. The Labute approximate surface area is 164 Å². The molecule has 6 nitrogen and oxygen atoms in total. The maximum atomic E-state index is 13.2. The Balaban J connectivity index is 1.68. The van der Waals surface area contributed by atoms with Gasteiger partial charge in [-0.3, -0.25) is 14.5 Å². The van der Waals surface area contributed by atoms with Gasteiger partial charge >= 0.3 is 0 Å². The first-order valence-electron chi connectivity index (χ1n) is 9.34. The molecule has 2 aromatic heterocycles. The molecule has 2 aromatic rings. The van der Waals surface area contributed by atoms with Gasteiger partial charge in [-0.2, -0.15) is 5.10 Å². The van der Waals surface area contributed by atoms with Crippen molar-refractivity contribution in [3.8, 4) is 0 Å². The number of rotatable bonds is 2. The Hall–Kier alpha value is -1.92. The van der Waals surface area contributed by atoms with Crippen LogP contribution in [-0.2, 0) is 10.3 Å². The number of carbonyl (C=O) groups is 1. The van der Waals surface area contributed by atoms with Gasteiger partial charge in [0.25, 0.3) is 5.91 Å². The molecule has 0 N–H and O–H groups in total. The summed E-state index contributed by atoms with van der Waals surface area (Å²) in [6, 6.07) is 1.69. The highest BCUT2D eigenvalue weighted by Crippen LogP contribution is 2.55. The third-order valence-corrected chi connectivity index (χ3v) is 5.89. The molecule has 2 fully saturated rings. The molecule has 1 amide bonds. The summed E-state index contributed by atoms with van der Waals surface area (Å²) in [5, 5.41) is 5.03. The maximum absolute atomic E-state index is 13.2. The summed E-state index contributed by atoms with van der Waals surface area (Å²) in [7, 11) is 0. The molecule has 4 heterocycles. The van der Waals surface area contributed by atoms with Gasteiger partial charge in [0.05, 0.1) is 28.4 Å². The molecule has 1 spiro atoms. The van der Waals surface area contributed by atoms with Gasteiger partial charge in [0, 0.05) is 49.3 Å². The number of hydrogen-bond acceptors (Lipinski definition) is 4. The lowest BCUT2D eigenvalue weighted by atomic mass is 9.64. The van der Waals surface area contributed by atoms with E-state index in [2.05, 4.69) is 37.1 Å². The van der Waals surface area contributed by atoms with Crippen molar-refractivity contribution in [2.45, 2.75) is 45.2 Å². The average Bonchev–Trinajstić information content (AvgIpc) is 3.09. The van der Waals surface area contributed by atoms with Gasteiger partial charge < -0.3 is 9.64 Å². The van der Waals surface area contributed by atoms with Gasteiger partial charge in [0.1, 0.15) is 0 Å². The van der Waals surface area contributed by atoms with Crippen molar-refractivity contribution in [3.05, 3.63) is 47.0 Å². The van der Waals surface area contributed by atoms with Crippen LogP contribution in [-0.4, -0.2) is 45.3 Å². The SMILES string of the molecule is CC(C)(C)n1cc([C@H]2N(C(=O)c3cncc(Cl)c3)CC23CCOCC3)cn1. The minimum atomic E-state index is -0.101. The normalized spacial score (nSPS) is 21.9. The minimum Gasteiger partial charge on any atom is -0.381 e. The minimum absolute atomic E-state index is 0.00369. The van der Waals surface area contributed by atoms with E-state index < -0.39 is 0 Å². The van der Waals surface area contributed by atoms with Gasteiger partial charge in [0.2, 0.25) is 0 Å². The molecule has 2 saturated heterocycles. The van der Waals surface area contributed by atoms with Crippen molar-refractivity contribution in [1.29, 1.82) is 0 Å². The Kier molecular flexibility index (Phi) is 4.51. The zero-order valence-corrected chi connectivity index (χ0v) is 16.7. The lowest BCUT2D eigenvalue weighted by Gasteiger charge is -2.59. The summed E-state index contributed by atoms with van der Waals surface area (Å²) < 4.78 is 7.56. The zero-order valence-electron chi connectivity index (χ0n) is 16.0. The lowest BCUT2D eigenvalue weighted by molar-refractivity contribution is -0.115. The highest BCUT2D eigenvalue weighted by atomic mass is 35.5. The van der Waals surface area contributed by atoms with E-state index in [4.69, 9.17) is 16.3 Å². The zero-order chi connectivity index (χ0) is 19.2. The molecule has 7 heteroatoms. The molecule has 144 valence electrons. The summed E-state index contributed by atoms with van der Waals surface area (Å²) in [4.78, 5) is 19.2. The first-order chi connectivity index (χ1) is 12.8. The quantitative estimate of drug-likeness (QED) is 0.787. The highest BCUT2D eigenvalue weighted by Gasteiger charge is 2.55. The molecule has 0 unspecified atom stereocenters. The van der Waals surface area contributed by atoms with Crippen LogP contribution in [0.2, 0.25) is 5.02 Å². The van der Waals surface area contributed by atoms with Crippen LogP contribution in [0.4, 0.5) is 0 Å². The molecule has 2 aliphatic rings. The molecular weight excluding hydrogens is 364 g/mol. The molecule has 4 rings (SSSR count). The van der Waals surface area contributed by atoms with Crippen LogP contribution in [0.25, 0.3) is 0 Å². The number of pyridine rings is 1. The van der Waals surface area contributed by atoms with E-state index in [1.807, 2.05) is 15.8 Å². The van der Waals surface area contributed by atoms with Crippen LogP contribution in [0.5, 0.6) is 0 Å². The van der Waals surface area contributed by atoms with Gasteiger partial charge in [-0.1, -0.05) is 11.6 Å². The van der Waals surface area contributed by atoms with Crippen molar-refractivity contribution < 1.29 is 9.53 Å². The molecule has 0 radical (unpaired) electrons. The molecule has 0 bridgehead atoms. The predicted octanol–water partition coefficient (Wildman–Crippen LogP) is 3.68. The second-order valence-electron chi connectivity index (χ2n) is 8.59. The molecule has 2 aliphatic heterocycles. The van der Waals surface area contributed by atoms with E-state index in [1.165, 1.54) is 0 Å². The molecular formula is C20H25ClN4O2. The molecule has 1 atom stereocenters. The fraction of sp³-hybridized carbons (Fsp3) is 0.550. The van der Waals surface area contributed by atoms with Crippen LogP contribution in [0.15, 0.2) is 30.9 Å². The van der Waals surface area contributed by atoms with Crippen molar-refractivity contribution in [3.63, 3.8) is 0 Å². The van der Waals surface area contributed by atoms with Crippen LogP contribution in [0.1, 0.15) is 55.6 Å². The Morgan fingerprint density at radius 2 is 2.00 bits per heavy atom. The fourth-order valence-electron chi connectivity index (χ4n) is 4.21. The summed E-state index contributed by atoms with van der Waals surface area (Å²) in [6.45, 7) is 8.57. The number of halogens is 1. The third-order valence-electron chi connectivity index (χ3n) is 5.68. The second-order valence-corrected chi connectivity index (χ2v) is 9.03. The van der Waals surface area contributed by atoms with Gasteiger partial charge in [-0.15, -0.1) is 0 Å². The summed E-state index contributed by atoms with van der Waals surface area (Å²) in [5.74, 6) is -0.0318. The largest absolute Gasteiger partial charge is 0.381 e. The second kappa shape index (κ2) is 6.60. The third kappa shape index (κ3) is 3.25. The summed E-state index contributed by atoms with van der Waals surface area (Å²) >= 11 is 6.04. The van der Waals surface area contributed by atoms with E-state index in [0.29, 0.717) is 10.6 Å². The number of likely N-dealkylation sites (tertiary alicyclic amines) is 1.